The van der Waals surface area contributed by atoms with Gasteiger partial charge in [0.2, 0.25) is 0 Å². The first kappa shape index (κ1) is 18.6. The van der Waals surface area contributed by atoms with Crippen molar-refractivity contribution in [2.45, 2.75) is 24.3 Å². The van der Waals surface area contributed by atoms with E-state index >= 15 is 0 Å². The highest BCUT2D eigenvalue weighted by molar-refractivity contribution is 7.92. The Morgan fingerprint density at radius 1 is 1.19 bits per heavy atom. The van der Waals surface area contributed by atoms with E-state index < -0.39 is 15.6 Å². The number of aromatic amines is 1. The summed E-state index contributed by atoms with van der Waals surface area (Å²) in [4.78, 5) is 3.07. The third-order valence-corrected chi connectivity index (χ3v) is 5.33. The molecule has 0 aliphatic heterocycles. The normalized spacial score (nSPS) is 12.3. The van der Waals surface area contributed by atoms with E-state index in [-0.39, 0.29) is 11.5 Å². The predicted octanol–water partition coefficient (Wildman–Crippen LogP) is 3.77. The SMILES string of the molecule is CC(C)(O)COc1ccc(S(=O)(=O)Nc2cccc3c(Cl)c[nH]c23)cc1. The second-order valence-corrected chi connectivity index (χ2v) is 8.63. The molecule has 0 aliphatic rings. The van der Waals surface area contributed by atoms with Crippen molar-refractivity contribution < 1.29 is 18.3 Å². The number of aliphatic hydroxyl groups is 1. The smallest absolute Gasteiger partial charge is 0.261 e. The van der Waals surface area contributed by atoms with E-state index in [9.17, 15) is 13.5 Å². The van der Waals surface area contributed by atoms with Crippen molar-refractivity contribution in [3.05, 3.63) is 53.7 Å². The molecular weight excluding hydrogens is 376 g/mol. The molecule has 0 fully saturated rings. The second kappa shape index (κ2) is 6.83. The van der Waals surface area contributed by atoms with Crippen molar-refractivity contribution in [3.63, 3.8) is 0 Å². The van der Waals surface area contributed by atoms with Gasteiger partial charge in [0.25, 0.3) is 10.0 Å². The molecule has 0 bridgehead atoms. The fraction of sp³-hybridized carbons (Fsp3) is 0.222. The van der Waals surface area contributed by atoms with Crippen LogP contribution in [0.15, 0.2) is 53.6 Å². The van der Waals surface area contributed by atoms with Crippen molar-refractivity contribution in [1.82, 2.24) is 4.98 Å². The zero-order chi connectivity index (χ0) is 18.9. The molecule has 1 heterocycles. The number of ether oxygens (including phenoxy) is 1. The summed E-state index contributed by atoms with van der Waals surface area (Å²) in [5.74, 6) is 0.476. The number of hydrogen-bond donors (Lipinski definition) is 3. The maximum absolute atomic E-state index is 12.6. The van der Waals surface area contributed by atoms with Gasteiger partial charge in [-0.15, -0.1) is 0 Å². The molecule has 0 radical (unpaired) electrons. The van der Waals surface area contributed by atoms with Gasteiger partial charge >= 0.3 is 0 Å². The largest absolute Gasteiger partial charge is 0.491 e. The van der Waals surface area contributed by atoms with Gasteiger partial charge in [-0.3, -0.25) is 4.72 Å². The monoisotopic (exact) mass is 394 g/mol. The average molecular weight is 395 g/mol. The third kappa shape index (κ3) is 4.12. The molecule has 1 aromatic heterocycles. The average Bonchev–Trinajstić information content (AvgIpc) is 2.95. The van der Waals surface area contributed by atoms with Crippen LogP contribution in [0.1, 0.15) is 13.8 Å². The molecule has 3 rings (SSSR count). The number of aromatic nitrogens is 1. The minimum atomic E-state index is -3.77. The number of benzene rings is 2. The van der Waals surface area contributed by atoms with E-state index in [0.717, 1.165) is 5.39 Å². The molecule has 0 unspecified atom stereocenters. The Labute approximate surface area is 156 Å². The minimum Gasteiger partial charge on any atom is -0.491 e. The highest BCUT2D eigenvalue weighted by Crippen LogP contribution is 2.30. The van der Waals surface area contributed by atoms with Crippen LogP contribution in [-0.4, -0.2) is 30.7 Å². The zero-order valence-electron chi connectivity index (χ0n) is 14.3. The molecule has 6 nitrogen and oxygen atoms in total. The number of hydrogen-bond acceptors (Lipinski definition) is 4. The predicted molar refractivity (Wildman–Crippen MR) is 102 cm³/mol. The fourth-order valence-electron chi connectivity index (χ4n) is 2.38. The lowest BCUT2D eigenvalue weighted by molar-refractivity contribution is 0.0284. The lowest BCUT2D eigenvalue weighted by Gasteiger charge is -2.17. The molecular formula is C18H19ClN2O4S. The molecule has 138 valence electrons. The van der Waals surface area contributed by atoms with Gasteiger partial charge in [-0.05, 0) is 44.2 Å². The van der Waals surface area contributed by atoms with Crippen LogP contribution in [0.2, 0.25) is 5.02 Å². The standard InChI is InChI=1S/C18H19ClN2O4S/c1-18(2,22)11-25-12-6-8-13(9-7-12)26(23,24)21-16-5-3-4-14-15(19)10-20-17(14)16/h3-10,20-22H,11H2,1-2H3. The summed E-state index contributed by atoms with van der Waals surface area (Å²) in [7, 11) is -3.77. The number of sulfonamides is 1. The minimum absolute atomic E-state index is 0.0998. The summed E-state index contributed by atoms with van der Waals surface area (Å²) in [5, 5.41) is 10.9. The number of para-hydroxylation sites is 1. The Kier molecular flexibility index (Phi) is 4.88. The van der Waals surface area contributed by atoms with E-state index in [4.69, 9.17) is 16.3 Å². The van der Waals surface area contributed by atoms with Crippen LogP contribution in [0.4, 0.5) is 5.69 Å². The molecule has 0 saturated heterocycles. The lowest BCUT2D eigenvalue weighted by atomic mass is 10.2. The number of halogens is 1. The van der Waals surface area contributed by atoms with Crippen LogP contribution in [0.25, 0.3) is 10.9 Å². The Morgan fingerprint density at radius 2 is 1.88 bits per heavy atom. The Bertz CT molecular complexity index is 1020. The van der Waals surface area contributed by atoms with Crippen molar-refractivity contribution in [2.75, 3.05) is 11.3 Å². The van der Waals surface area contributed by atoms with E-state index in [1.54, 1.807) is 50.4 Å². The first-order valence-electron chi connectivity index (χ1n) is 7.89. The van der Waals surface area contributed by atoms with Crippen LogP contribution in [-0.2, 0) is 10.0 Å². The molecule has 3 aromatic rings. The summed E-state index contributed by atoms with van der Waals surface area (Å²) in [6.07, 6.45) is 1.61. The summed E-state index contributed by atoms with van der Waals surface area (Å²) < 4.78 is 33.3. The molecule has 0 aliphatic carbocycles. The topological polar surface area (TPSA) is 91.4 Å². The van der Waals surface area contributed by atoms with E-state index in [2.05, 4.69) is 9.71 Å². The molecule has 0 atom stereocenters. The highest BCUT2D eigenvalue weighted by atomic mass is 35.5. The second-order valence-electron chi connectivity index (χ2n) is 6.54. The molecule has 0 spiro atoms. The highest BCUT2D eigenvalue weighted by Gasteiger charge is 2.17. The summed E-state index contributed by atoms with van der Waals surface area (Å²) in [6, 6.07) is 11.2. The van der Waals surface area contributed by atoms with Gasteiger partial charge in [-0.2, -0.15) is 0 Å². The maximum Gasteiger partial charge on any atom is 0.261 e. The van der Waals surface area contributed by atoms with Gasteiger partial charge in [-0.1, -0.05) is 23.7 Å². The van der Waals surface area contributed by atoms with Crippen LogP contribution in [0, 0.1) is 0 Å². The summed E-state index contributed by atoms with van der Waals surface area (Å²) in [5.41, 5.74) is 0.0606. The lowest BCUT2D eigenvalue weighted by Crippen LogP contribution is -2.27. The van der Waals surface area contributed by atoms with Gasteiger partial charge in [0.05, 0.1) is 26.7 Å². The fourth-order valence-corrected chi connectivity index (χ4v) is 3.67. The van der Waals surface area contributed by atoms with E-state index in [1.807, 2.05) is 0 Å². The Hall–Kier alpha value is -2.22. The summed E-state index contributed by atoms with van der Waals surface area (Å²) in [6.45, 7) is 3.36. The van der Waals surface area contributed by atoms with Crippen molar-refractivity contribution >= 4 is 38.2 Å². The van der Waals surface area contributed by atoms with Gasteiger partial charge in [0.1, 0.15) is 12.4 Å². The number of nitrogens with one attached hydrogen (secondary N) is 2. The molecule has 0 saturated carbocycles. The van der Waals surface area contributed by atoms with Crippen molar-refractivity contribution in [3.8, 4) is 5.75 Å². The number of rotatable bonds is 6. The number of fused-ring (bicyclic) bond motifs is 1. The first-order chi connectivity index (χ1) is 12.2. The molecule has 3 N–H and O–H groups in total. The summed E-state index contributed by atoms with van der Waals surface area (Å²) >= 11 is 6.07. The molecule has 2 aromatic carbocycles. The van der Waals surface area contributed by atoms with Crippen LogP contribution < -0.4 is 9.46 Å². The molecule has 8 heteroatoms. The van der Waals surface area contributed by atoms with E-state index in [1.165, 1.54) is 12.1 Å². The molecule has 0 amide bonds. The van der Waals surface area contributed by atoms with Crippen LogP contribution in [0.3, 0.4) is 0 Å². The van der Waals surface area contributed by atoms with Gasteiger partial charge < -0.3 is 14.8 Å². The van der Waals surface area contributed by atoms with Gasteiger partial charge in [0.15, 0.2) is 0 Å². The van der Waals surface area contributed by atoms with E-state index in [0.29, 0.717) is 22.0 Å². The van der Waals surface area contributed by atoms with Gasteiger partial charge in [-0.25, -0.2) is 8.42 Å². The number of H-pyrrole nitrogens is 1. The van der Waals surface area contributed by atoms with Gasteiger partial charge in [0, 0.05) is 11.6 Å². The Morgan fingerprint density at radius 3 is 2.54 bits per heavy atom. The first-order valence-corrected chi connectivity index (χ1v) is 9.75. The third-order valence-electron chi connectivity index (χ3n) is 3.64. The van der Waals surface area contributed by atoms with Crippen LogP contribution in [0.5, 0.6) is 5.75 Å². The number of anilines is 1. The zero-order valence-corrected chi connectivity index (χ0v) is 15.9. The maximum atomic E-state index is 12.6. The quantitative estimate of drug-likeness (QED) is 0.593. The Balaban J connectivity index is 1.81. The van der Waals surface area contributed by atoms with Crippen molar-refractivity contribution in [1.29, 1.82) is 0 Å². The molecule has 26 heavy (non-hydrogen) atoms. The van der Waals surface area contributed by atoms with Crippen molar-refractivity contribution in [2.24, 2.45) is 0 Å². The van der Waals surface area contributed by atoms with Crippen LogP contribution >= 0.6 is 11.6 Å².